The number of hydrogen-bond donors (Lipinski definition) is 2. The summed E-state index contributed by atoms with van der Waals surface area (Å²) in [6, 6.07) is -0.686. The molecule has 0 spiro atoms. The molecule has 0 aliphatic carbocycles. The Morgan fingerprint density at radius 2 is 1.56 bits per heavy atom. The van der Waals surface area contributed by atoms with E-state index in [0.29, 0.717) is 45.4 Å². The molecular weight excluding hydrogens is 418 g/mol. The molecule has 0 aromatic heterocycles. The highest BCUT2D eigenvalue weighted by Gasteiger charge is 2.24. The van der Waals surface area contributed by atoms with Crippen LogP contribution in [-0.4, -0.2) is 61.5 Å². The van der Waals surface area contributed by atoms with Gasteiger partial charge in [0, 0.05) is 31.0 Å². The molecule has 0 heterocycles. The zero-order valence-electron chi connectivity index (χ0n) is 20.2. The zero-order valence-corrected chi connectivity index (χ0v) is 20.2. The Kier molecular flexibility index (Phi) is 14.1. The number of ketones is 1. The molecule has 0 radical (unpaired) electrons. The summed E-state index contributed by atoms with van der Waals surface area (Å²) < 4.78 is 15.7. The highest BCUT2D eigenvalue weighted by atomic mass is 16.6. The van der Waals surface area contributed by atoms with E-state index in [4.69, 9.17) is 19.7 Å². The molecule has 0 saturated carbocycles. The third-order valence-electron chi connectivity index (χ3n) is 3.78. The van der Waals surface area contributed by atoms with Crippen LogP contribution in [0.4, 0.5) is 9.59 Å². The molecule has 2 N–H and O–H groups in total. The first-order chi connectivity index (χ1) is 14.8. The number of amides is 2. The van der Waals surface area contributed by atoms with Crippen LogP contribution in [0.1, 0.15) is 73.6 Å². The van der Waals surface area contributed by atoms with Gasteiger partial charge in [0.05, 0.1) is 12.6 Å². The second-order valence-corrected chi connectivity index (χ2v) is 9.26. The summed E-state index contributed by atoms with van der Waals surface area (Å²) in [5.74, 6) is -0.116. The van der Waals surface area contributed by atoms with Crippen LogP contribution in [0.3, 0.4) is 0 Å². The molecule has 0 bridgehead atoms. The predicted molar refractivity (Wildman–Crippen MR) is 120 cm³/mol. The first-order valence-electron chi connectivity index (χ1n) is 10.9. The molecule has 1 atom stereocenters. The highest BCUT2D eigenvalue weighted by molar-refractivity contribution is 5.87. The largest absolute Gasteiger partial charge is 0.444 e. The summed E-state index contributed by atoms with van der Waals surface area (Å²) in [5.41, 5.74) is 6.97. The number of unbranched alkanes of at least 4 members (excludes halogenated alkanes) is 1. The van der Waals surface area contributed by atoms with Gasteiger partial charge in [0.15, 0.2) is 5.78 Å². The number of alkyl carbamates (subject to hydrolysis) is 2. The van der Waals surface area contributed by atoms with E-state index in [1.54, 1.807) is 41.5 Å². The fourth-order valence-electron chi connectivity index (χ4n) is 2.52. The van der Waals surface area contributed by atoms with E-state index in [-0.39, 0.29) is 18.7 Å². The minimum atomic E-state index is -0.686. The van der Waals surface area contributed by atoms with E-state index in [9.17, 15) is 14.4 Å². The van der Waals surface area contributed by atoms with Crippen molar-refractivity contribution in [2.75, 3.05) is 26.3 Å². The Bertz CT molecular complexity index is 636. The molecule has 32 heavy (non-hydrogen) atoms. The average Bonchev–Trinajstić information content (AvgIpc) is 2.63. The Labute approximate surface area is 190 Å². The van der Waals surface area contributed by atoms with Crippen molar-refractivity contribution < 1.29 is 28.6 Å². The summed E-state index contributed by atoms with van der Waals surface area (Å²) >= 11 is 0. The maximum Gasteiger partial charge on any atom is 0.408 e. The standard InChI is InChI=1S/C21H39N5O6/c1-20(2,3)31-18(28)23-12-8-7-10-16(25-19(29)32-21(4,5)6)17(27)11-9-14-30-15-13-24-26-22/h16H,7-15H2,1-6H3,(H,23,28)(H,25,29)/t16-/m0/s1. The Morgan fingerprint density at radius 1 is 0.938 bits per heavy atom. The lowest BCUT2D eigenvalue weighted by Gasteiger charge is -2.23. The Morgan fingerprint density at radius 3 is 2.16 bits per heavy atom. The number of rotatable bonds is 14. The molecule has 184 valence electrons. The number of carbonyl (C=O) groups excluding carboxylic acids is 3. The molecule has 11 heteroatoms. The van der Waals surface area contributed by atoms with Crippen molar-refractivity contribution in [2.45, 2.75) is 90.9 Å². The van der Waals surface area contributed by atoms with Crippen molar-refractivity contribution in [1.82, 2.24) is 10.6 Å². The minimum absolute atomic E-state index is 0.116. The fourth-order valence-corrected chi connectivity index (χ4v) is 2.52. The van der Waals surface area contributed by atoms with Crippen molar-refractivity contribution in [3.63, 3.8) is 0 Å². The fraction of sp³-hybridized carbons (Fsp3) is 0.857. The second kappa shape index (κ2) is 15.3. The molecule has 0 fully saturated rings. The van der Waals surface area contributed by atoms with Crippen molar-refractivity contribution in [3.05, 3.63) is 10.4 Å². The van der Waals surface area contributed by atoms with E-state index in [2.05, 4.69) is 20.7 Å². The quantitative estimate of drug-likeness (QED) is 0.172. The monoisotopic (exact) mass is 457 g/mol. The van der Waals surface area contributed by atoms with E-state index in [0.717, 1.165) is 0 Å². The molecule has 0 saturated heterocycles. The number of carbonyl (C=O) groups is 3. The summed E-state index contributed by atoms with van der Waals surface area (Å²) in [6.07, 6.45) is 1.25. The van der Waals surface area contributed by atoms with Crippen molar-refractivity contribution in [3.8, 4) is 0 Å². The topological polar surface area (TPSA) is 152 Å². The van der Waals surface area contributed by atoms with Crippen LogP contribution >= 0.6 is 0 Å². The van der Waals surface area contributed by atoms with Crippen LogP contribution < -0.4 is 10.6 Å². The van der Waals surface area contributed by atoms with Crippen molar-refractivity contribution in [2.24, 2.45) is 5.11 Å². The average molecular weight is 458 g/mol. The van der Waals surface area contributed by atoms with Crippen molar-refractivity contribution >= 4 is 18.0 Å². The number of hydrogen-bond acceptors (Lipinski definition) is 7. The van der Waals surface area contributed by atoms with Gasteiger partial charge in [0.1, 0.15) is 11.2 Å². The molecule has 0 unspecified atom stereocenters. The third-order valence-corrected chi connectivity index (χ3v) is 3.78. The summed E-state index contributed by atoms with van der Waals surface area (Å²) in [5, 5.41) is 8.69. The Balaban J connectivity index is 4.50. The lowest BCUT2D eigenvalue weighted by atomic mass is 10.0. The van der Waals surface area contributed by atoms with Gasteiger partial charge < -0.3 is 24.8 Å². The molecule has 0 rings (SSSR count). The number of nitrogens with one attached hydrogen (secondary N) is 2. The highest BCUT2D eigenvalue weighted by Crippen LogP contribution is 2.11. The van der Waals surface area contributed by atoms with Gasteiger partial charge in [-0.2, -0.15) is 0 Å². The Hall–Kier alpha value is -2.52. The van der Waals surface area contributed by atoms with Gasteiger partial charge in [-0.25, -0.2) is 9.59 Å². The SMILES string of the molecule is CC(C)(C)OC(=O)NCCCC[C@H](NC(=O)OC(C)(C)C)C(=O)CCCOCCN=[N+]=[N-]. The van der Waals surface area contributed by atoms with E-state index in [1.807, 2.05) is 0 Å². The third kappa shape index (κ3) is 18.3. The van der Waals surface area contributed by atoms with Gasteiger partial charge in [-0.3, -0.25) is 4.79 Å². The maximum absolute atomic E-state index is 12.6. The minimum Gasteiger partial charge on any atom is -0.444 e. The van der Waals surface area contributed by atoms with Gasteiger partial charge in [0.25, 0.3) is 0 Å². The smallest absolute Gasteiger partial charge is 0.408 e. The van der Waals surface area contributed by atoms with Gasteiger partial charge in [-0.1, -0.05) is 5.11 Å². The molecule has 0 aliphatic rings. The van der Waals surface area contributed by atoms with Gasteiger partial charge in [0.2, 0.25) is 0 Å². The van der Waals surface area contributed by atoms with Gasteiger partial charge in [-0.15, -0.1) is 0 Å². The van der Waals surface area contributed by atoms with Crippen LogP contribution in [-0.2, 0) is 19.0 Å². The van der Waals surface area contributed by atoms with Gasteiger partial charge in [-0.05, 0) is 72.8 Å². The first kappa shape index (κ1) is 29.5. The molecule has 0 aromatic carbocycles. The predicted octanol–water partition coefficient (Wildman–Crippen LogP) is 4.25. The molecule has 11 nitrogen and oxygen atoms in total. The molecule has 0 aromatic rings. The van der Waals surface area contributed by atoms with Gasteiger partial charge >= 0.3 is 12.2 Å². The van der Waals surface area contributed by atoms with Crippen LogP contribution in [0.2, 0.25) is 0 Å². The second-order valence-electron chi connectivity index (χ2n) is 9.26. The van der Waals surface area contributed by atoms with E-state index < -0.39 is 29.4 Å². The van der Waals surface area contributed by atoms with Crippen LogP contribution in [0, 0.1) is 0 Å². The lowest BCUT2D eigenvalue weighted by Crippen LogP contribution is -2.43. The van der Waals surface area contributed by atoms with Crippen LogP contribution in [0.25, 0.3) is 10.4 Å². The van der Waals surface area contributed by atoms with E-state index >= 15 is 0 Å². The normalized spacial score (nSPS) is 12.3. The zero-order chi connectivity index (χ0) is 24.6. The molecule has 2 amide bonds. The maximum atomic E-state index is 12.6. The summed E-state index contributed by atoms with van der Waals surface area (Å²) in [4.78, 5) is 39.1. The number of Topliss-reactive ketones (excluding diaryl/α,β-unsaturated/α-hetero) is 1. The number of ether oxygens (including phenoxy) is 3. The molecular formula is C21H39N5O6. The number of nitrogens with zero attached hydrogens (tertiary/aromatic N) is 3. The van der Waals surface area contributed by atoms with Crippen LogP contribution in [0.15, 0.2) is 5.11 Å². The summed E-state index contributed by atoms with van der Waals surface area (Å²) in [7, 11) is 0. The van der Waals surface area contributed by atoms with Crippen molar-refractivity contribution in [1.29, 1.82) is 0 Å². The number of azide groups is 1. The lowest BCUT2D eigenvalue weighted by molar-refractivity contribution is -0.121. The van der Waals surface area contributed by atoms with Crippen LogP contribution in [0.5, 0.6) is 0 Å². The first-order valence-corrected chi connectivity index (χ1v) is 10.9. The molecule has 0 aliphatic heterocycles. The van der Waals surface area contributed by atoms with E-state index in [1.165, 1.54) is 0 Å². The summed E-state index contributed by atoms with van der Waals surface area (Å²) in [6.45, 7) is 11.9.